The molecule has 126 valence electrons. The van der Waals surface area contributed by atoms with E-state index < -0.39 is 12.2 Å². The van der Waals surface area contributed by atoms with E-state index in [0.717, 1.165) is 6.42 Å². The number of halogens is 2. The molecule has 1 N–H and O–H groups in total. The maximum absolute atomic E-state index is 12.6. The minimum Gasteiger partial charge on any atom is -0.435 e. The molecule has 2 amide bonds. The maximum atomic E-state index is 12.6. The van der Waals surface area contributed by atoms with Gasteiger partial charge in [-0.05, 0) is 44.0 Å². The van der Waals surface area contributed by atoms with Crippen LogP contribution in [0.1, 0.15) is 33.1 Å². The lowest BCUT2D eigenvalue weighted by atomic mass is 9.97. The molecule has 1 aromatic carbocycles. The fourth-order valence-electron chi connectivity index (χ4n) is 2.78. The van der Waals surface area contributed by atoms with Gasteiger partial charge in [0.25, 0.3) is 0 Å². The van der Waals surface area contributed by atoms with Gasteiger partial charge in [0.15, 0.2) is 0 Å². The molecule has 1 aliphatic heterocycles. The van der Waals surface area contributed by atoms with E-state index in [1.807, 2.05) is 0 Å². The Morgan fingerprint density at radius 3 is 2.57 bits per heavy atom. The van der Waals surface area contributed by atoms with Crippen LogP contribution in [0, 0.1) is 0 Å². The van der Waals surface area contributed by atoms with Gasteiger partial charge in [-0.15, -0.1) is 0 Å². The predicted molar refractivity (Wildman–Crippen MR) is 81.3 cm³/mol. The minimum absolute atomic E-state index is 0.0212. The summed E-state index contributed by atoms with van der Waals surface area (Å²) in [5.74, 6) is -0.312. The van der Waals surface area contributed by atoms with Crippen molar-refractivity contribution in [1.82, 2.24) is 4.90 Å². The Kier molecular flexibility index (Phi) is 5.18. The number of ether oxygens (including phenoxy) is 1. The van der Waals surface area contributed by atoms with Crippen molar-refractivity contribution >= 4 is 17.5 Å². The van der Waals surface area contributed by atoms with Gasteiger partial charge in [-0.25, -0.2) is 0 Å². The molecular weight excluding hydrogens is 306 g/mol. The van der Waals surface area contributed by atoms with Crippen LogP contribution in [-0.4, -0.2) is 35.4 Å². The lowest BCUT2D eigenvalue weighted by molar-refractivity contribution is -0.141. The average molecular weight is 326 g/mol. The summed E-state index contributed by atoms with van der Waals surface area (Å²) < 4.78 is 28.5. The summed E-state index contributed by atoms with van der Waals surface area (Å²) in [4.78, 5) is 26.2. The van der Waals surface area contributed by atoms with Crippen molar-refractivity contribution < 1.29 is 23.1 Å². The minimum atomic E-state index is -2.89. The van der Waals surface area contributed by atoms with Gasteiger partial charge in [0.05, 0.1) is 0 Å². The topological polar surface area (TPSA) is 58.6 Å². The number of nitrogens with zero attached hydrogens (tertiary/aromatic N) is 1. The molecule has 1 aliphatic rings. The van der Waals surface area contributed by atoms with Crippen molar-refractivity contribution in [3.8, 4) is 5.75 Å². The third-order valence-electron chi connectivity index (χ3n) is 4.07. The molecule has 1 atom stereocenters. The maximum Gasteiger partial charge on any atom is 0.387 e. The van der Waals surface area contributed by atoms with E-state index in [9.17, 15) is 18.4 Å². The second-order valence-corrected chi connectivity index (χ2v) is 5.63. The molecule has 1 aromatic rings. The fraction of sp³-hybridized carbons (Fsp3) is 0.500. The van der Waals surface area contributed by atoms with E-state index in [-0.39, 0.29) is 17.6 Å². The zero-order valence-corrected chi connectivity index (χ0v) is 13.1. The number of nitrogens with one attached hydrogen (secondary N) is 1. The highest BCUT2D eigenvalue weighted by Crippen LogP contribution is 2.31. The first-order valence-corrected chi connectivity index (χ1v) is 7.53. The second kappa shape index (κ2) is 6.93. The number of carbonyl (C=O) groups is 2. The lowest BCUT2D eigenvalue weighted by Crippen LogP contribution is -2.53. The quantitative estimate of drug-likeness (QED) is 0.905. The van der Waals surface area contributed by atoms with Gasteiger partial charge in [0.1, 0.15) is 11.3 Å². The molecule has 5 nitrogen and oxygen atoms in total. The van der Waals surface area contributed by atoms with Gasteiger partial charge in [-0.2, -0.15) is 8.78 Å². The van der Waals surface area contributed by atoms with Gasteiger partial charge >= 0.3 is 6.61 Å². The average Bonchev–Trinajstić information content (AvgIpc) is 2.91. The molecule has 0 aromatic heterocycles. The molecule has 0 radical (unpaired) electrons. The van der Waals surface area contributed by atoms with Gasteiger partial charge in [0.2, 0.25) is 11.8 Å². The highest BCUT2D eigenvalue weighted by molar-refractivity contribution is 6.00. The molecule has 7 heteroatoms. The van der Waals surface area contributed by atoms with Crippen molar-refractivity contribution in [2.45, 2.75) is 45.3 Å². The van der Waals surface area contributed by atoms with Crippen LogP contribution in [0.4, 0.5) is 14.5 Å². The zero-order valence-electron chi connectivity index (χ0n) is 13.1. The monoisotopic (exact) mass is 326 g/mol. The molecular formula is C16H20F2N2O3. The van der Waals surface area contributed by atoms with E-state index in [1.165, 1.54) is 24.3 Å². The van der Waals surface area contributed by atoms with Crippen LogP contribution < -0.4 is 10.1 Å². The highest BCUT2D eigenvalue weighted by Gasteiger charge is 2.45. The molecule has 2 rings (SSSR count). The van der Waals surface area contributed by atoms with E-state index in [1.54, 1.807) is 18.7 Å². The van der Waals surface area contributed by atoms with Crippen LogP contribution >= 0.6 is 0 Å². The fourth-order valence-corrected chi connectivity index (χ4v) is 2.78. The van der Waals surface area contributed by atoms with Crippen LogP contribution in [0.2, 0.25) is 0 Å². The number of alkyl halides is 2. The Bertz CT molecular complexity index is 577. The number of amides is 2. The third kappa shape index (κ3) is 3.78. The Morgan fingerprint density at radius 1 is 1.35 bits per heavy atom. The standard InChI is InChI=1S/C16H20F2N2O3/c1-3-13(21)20-10-4-9-16(20,2)14(22)19-11-5-7-12(8-6-11)23-15(17)18/h5-8,15H,3-4,9-10H2,1-2H3,(H,19,22). The van der Waals surface area contributed by atoms with E-state index in [4.69, 9.17) is 0 Å². The summed E-state index contributed by atoms with van der Waals surface area (Å²) in [6, 6.07) is 5.68. The van der Waals surface area contributed by atoms with E-state index in [2.05, 4.69) is 10.1 Å². The molecule has 0 aliphatic carbocycles. The van der Waals surface area contributed by atoms with Crippen LogP contribution in [0.25, 0.3) is 0 Å². The first-order chi connectivity index (χ1) is 10.9. The number of rotatable bonds is 5. The van der Waals surface area contributed by atoms with Crippen molar-refractivity contribution in [2.24, 2.45) is 0 Å². The number of carbonyl (C=O) groups excluding carboxylic acids is 2. The first-order valence-electron chi connectivity index (χ1n) is 7.53. The van der Waals surface area contributed by atoms with Crippen molar-refractivity contribution in [3.63, 3.8) is 0 Å². The number of anilines is 1. The summed E-state index contributed by atoms with van der Waals surface area (Å²) >= 11 is 0. The summed E-state index contributed by atoms with van der Waals surface area (Å²) in [6.45, 7) is 1.19. The van der Waals surface area contributed by atoms with Crippen LogP contribution in [0.5, 0.6) is 5.75 Å². The summed E-state index contributed by atoms with van der Waals surface area (Å²) in [5.41, 5.74) is -0.417. The Labute approximate surface area is 133 Å². The summed E-state index contributed by atoms with van der Waals surface area (Å²) in [5, 5.41) is 2.74. The molecule has 23 heavy (non-hydrogen) atoms. The van der Waals surface area contributed by atoms with E-state index >= 15 is 0 Å². The second-order valence-electron chi connectivity index (χ2n) is 5.63. The smallest absolute Gasteiger partial charge is 0.387 e. The van der Waals surface area contributed by atoms with Crippen LogP contribution in [0.15, 0.2) is 24.3 Å². The summed E-state index contributed by atoms with van der Waals surface area (Å²) in [7, 11) is 0. The molecule has 0 bridgehead atoms. The number of hydrogen-bond donors (Lipinski definition) is 1. The Hall–Kier alpha value is -2.18. The molecule has 0 saturated carbocycles. The van der Waals surface area contributed by atoms with Gasteiger partial charge in [0, 0.05) is 18.7 Å². The van der Waals surface area contributed by atoms with Crippen molar-refractivity contribution in [3.05, 3.63) is 24.3 Å². The largest absolute Gasteiger partial charge is 0.435 e. The van der Waals surface area contributed by atoms with Crippen LogP contribution in [0.3, 0.4) is 0 Å². The lowest BCUT2D eigenvalue weighted by Gasteiger charge is -2.33. The van der Waals surface area contributed by atoms with Crippen molar-refractivity contribution in [1.29, 1.82) is 0 Å². The van der Waals surface area contributed by atoms with Gasteiger partial charge < -0.3 is 15.0 Å². The normalized spacial score (nSPS) is 20.7. The predicted octanol–water partition coefficient (Wildman–Crippen LogP) is 3.02. The first kappa shape index (κ1) is 17.2. The van der Waals surface area contributed by atoms with Crippen molar-refractivity contribution in [2.75, 3.05) is 11.9 Å². The third-order valence-corrected chi connectivity index (χ3v) is 4.07. The molecule has 1 heterocycles. The van der Waals surface area contributed by atoms with Gasteiger partial charge in [-0.3, -0.25) is 9.59 Å². The Balaban J connectivity index is 2.07. The number of hydrogen-bond acceptors (Lipinski definition) is 3. The summed E-state index contributed by atoms with van der Waals surface area (Å²) in [6.07, 6.45) is 1.72. The zero-order chi connectivity index (χ0) is 17.0. The molecule has 0 spiro atoms. The highest BCUT2D eigenvalue weighted by atomic mass is 19.3. The Morgan fingerprint density at radius 2 is 2.00 bits per heavy atom. The SMILES string of the molecule is CCC(=O)N1CCCC1(C)C(=O)Nc1ccc(OC(F)F)cc1. The molecule has 1 unspecified atom stereocenters. The molecule has 1 saturated heterocycles. The molecule has 1 fully saturated rings. The number of benzene rings is 1. The van der Waals surface area contributed by atoms with Crippen LogP contribution in [-0.2, 0) is 9.59 Å². The number of likely N-dealkylation sites (tertiary alicyclic amines) is 1. The van der Waals surface area contributed by atoms with E-state index in [0.29, 0.717) is 25.1 Å². The van der Waals surface area contributed by atoms with Gasteiger partial charge in [-0.1, -0.05) is 6.92 Å².